The summed E-state index contributed by atoms with van der Waals surface area (Å²) in [6.45, 7) is 2.44. The minimum atomic E-state index is -0.709. The minimum absolute atomic E-state index is 0.265. The standard InChI is InChI=1S/C16H16N2O5/c19-13-11-3-1-2-4-12(11)14(20)18(13)23-15(21)16(5-6-16)17-7-9-22-10-8-17/h1-4H,5-10H2. The Kier molecular flexibility index (Phi) is 3.21. The molecule has 1 aliphatic carbocycles. The van der Waals surface area contributed by atoms with Crippen molar-refractivity contribution in [2.75, 3.05) is 26.3 Å². The molecule has 0 radical (unpaired) electrons. The first-order valence-electron chi connectivity index (χ1n) is 7.66. The van der Waals surface area contributed by atoms with Gasteiger partial charge in [-0.15, -0.1) is 0 Å². The van der Waals surface area contributed by atoms with E-state index in [1.54, 1.807) is 24.3 Å². The number of morpholine rings is 1. The summed E-state index contributed by atoms with van der Waals surface area (Å²) in [5, 5.41) is 0.591. The van der Waals surface area contributed by atoms with E-state index in [1.165, 1.54) is 0 Å². The average Bonchev–Trinajstić information content (AvgIpc) is 3.37. The van der Waals surface area contributed by atoms with Gasteiger partial charge in [-0.3, -0.25) is 14.5 Å². The molecule has 0 spiro atoms. The van der Waals surface area contributed by atoms with Gasteiger partial charge in [-0.25, -0.2) is 4.79 Å². The predicted octanol–water partition coefficient (Wildman–Crippen LogP) is 0.606. The molecule has 0 bridgehead atoms. The molecule has 2 aliphatic heterocycles. The maximum atomic E-state index is 12.6. The molecule has 1 aromatic rings. The van der Waals surface area contributed by atoms with Gasteiger partial charge in [0.15, 0.2) is 0 Å². The zero-order valence-electron chi connectivity index (χ0n) is 12.5. The van der Waals surface area contributed by atoms with Crippen LogP contribution in [-0.2, 0) is 14.4 Å². The zero-order chi connectivity index (χ0) is 16.0. The predicted molar refractivity (Wildman–Crippen MR) is 77.4 cm³/mol. The number of hydrogen-bond acceptors (Lipinski definition) is 6. The largest absolute Gasteiger partial charge is 0.379 e. The first-order valence-corrected chi connectivity index (χ1v) is 7.66. The molecule has 0 aromatic heterocycles. The highest BCUT2D eigenvalue weighted by molar-refractivity contribution is 6.21. The number of nitrogens with zero attached hydrogens (tertiary/aromatic N) is 2. The fraction of sp³-hybridized carbons (Fsp3) is 0.438. The van der Waals surface area contributed by atoms with Crippen molar-refractivity contribution in [3.8, 4) is 0 Å². The van der Waals surface area contributed by atoms with Crippen LogP contribution in [0, 0.1) is 0 Å². The molecule has 120 valence electrons. The van der Waals surface area contributed by atoms with Crippen molar-refractivity contribution >= 4 is 17.8 Å². The Morgan fingerprint density at radius 3 is 2.13 bits per heavy atom. The third-order valence-corrected chi connectivity index (χ3v) is 4.65. The normalized spacial score (nSPS) is 22.9. The lowest BCUT2D eigenvalue weighted by molar-refractivity contribution is -0.178. The Hall–Kier alpha value is -2.25. The molecule has 2 heterocycles. The summed E-state index contributed by atoms with van der Waals surface area (Å²) in [7, 11) is 0. The Balaban J connectivity index is 1.52. The molecule has 2 amide bonds. The van der Waals surface area contributed by atoms with E-state index in [9.17, 15) is 14.4 Å². The van der Waals surface area contributed by atoms with Gasteiger partial charge in [-0.1, -0.05) is 17.2 Å². The number of ether oxygens (including phenoxy) is 1. The Morgan fingerprint density at radius 2 is 1.61 bits per heavy atom. The first-order chi connectivity index (χ1) is 11.1. The van der Waals surface area contributed by atoms with Crippen molar-refractivity contribution in [2.45, 2.75) is 18.4 Å². The highest BCUT2D eigenvalue weighted by atomic mass is 16.7. The second-order valence-electron chi connectivity index (χ2n) is 5.96. The minimum Gasteiger partial charge on any atom is -0.379 e. The van der Waals surface area contributed by atoms with Gasteiger partial charge in [-0.05, 0) is 25.0 Å². The van der Waals surface area contributed by atoms with Crippen LogP contribution in [0.3, 0.4) is 0 Å². The quantitative estimate of drug-likeness (QED) is 0.760. The van der Waals surface area contributed by atoms with Crippen LogP contribution in [0.5, 0.6) is 0 Å². The fourth-order valence-electron chi connectivity index (χ4n) is 3.18. The van der Waals surface area contributed by atoms with E-state index in [1.807, 2.05) is 4.90 Å². The van der Waals surface area contributed by atoms with Crippen LogP contribution in [0.15, 0.2) is 24.3 Å². The molecule has 0 N–H and O–H groups in total. The maximum Gasteiger partial charge on any atom is 0.353 e. The molecule has 4 rings (SSSR count). The Labute approximate surface area is 132 Å². The lowest BCUT2D eigenvalue weighted by atomic mass is 10.1. The van der Waals surface area contributed by atoms with Gasteiger partial charge in [0.05, 0.1) is 24.3 Å². The van der Waals surface area contributed by atoms with E-state index >= 15 is 0 Å². The van der Waals surface area contributed by atoms with E-state index in [-0.39, 0.29) is 11.1 Å². The molecular formula is C16H16N2O5. The average molecular weight is 316 g/mol. The van der Waals surface area contributed by atoms with E-state index in [4.69, 9.17) is 9.57 Å². The van der Waals surface area contributed by atoms with E-state index in [0.29, 0.717) is 44.2 Å². The van der Waals surface area contributed by atoms with Crippen LogP contribution in [0.25, 0.3) is 0 Å². The van der Waals surface area contributed by atoms with E-state index in [0.717, 1.165) is 0 Å². The summed E-state index contributed by atoms with van der Waals surface area (Å²) in [5.74, 6) is -1.71. The number of rotatable bonds is 3. The molecule has 0 unspecified atom stereocenters. The van der Waals surface area contributed by atoms with Crippen LogP contribution < -0.4 is 0 Å². The zero-order valence-corrected chi connectivity index (χ0v) is 12.5. The van der Waals surface area contributed by atoms with Gasteiger partial charge < -0.3 is 9.57 Å². The Bertz CT molecular complexity index is 656. The monoisotopic (exact) mass is 316 g/mol. The van der Waals surface area contributed by atoms with Crippen molar-refractivity contribution < 1.29 is 24.0 Å². The van der Waals surface area contributed by atoms with Gasteiger partial charge >= 0.3 is 5.97 Å². The van der Waals surface area contributed by atoms with Crippen molar-refractivity contribution in [2.24, 2.45) is 0 Å². The summed E-state index contributed by atoms with van der Waals surface area (Å²) in [6, 6.07) is 6.45. The number of amides is 2. The molecule has 3 aliphatic rings. The Morgan fingerprint density at radius 1 is 1.04 bits per heavy atom. The van der Waals surface area contributed by atoms with Gasteiger partial charge in [0, 0.05) is 13.1 Å². The fourth-order valence-corrected chi connectivity index (χ4v) is 3.18. The van der Waals surface area contributed by atoms with Gasteiger partial charge in [0.25, 0.3) is 11.8 Å². The smallest absolute Gasteiger partial charge is 0.353 e. The first kappa shape index (κ1) is 14.3. The van der Waals surface area contributed by atoms with E-state index < -0.39 is 23.3 Å². The number of hydroxylamine groups is 2. The molecule has 7 heteroatoms. The molecule has 1 saturated carbocycles. The van der Waals surface area contributed by atoms with Crippen molar-refractivity contribution in [1.82, 2.24) is 9.96 Å². The van der Waals surface area contributed by atoms with Crippen molar-refractivity contribution in [3.05, 3.63) is 35.4 Å². The van der Waals surface area contributed by atoms with Crippen LogP contribution in [0.4, 0.5) is 0 Å². The number of carbonyl (C=O) groups excluding carboxylic acids is 3. The van der Waals surface area contributed by atoms with E-state index in [2.05, 4.69) is 0 Å². The van der Waals surface area contributed by atoms with Gasteiger partial charge in [-0.2, -0.15) is 0 Å². The third-order valence-electron chi connectivity index (χ3n) is 4.65. The second kappa shape index (κ2) is 5.14. The number of fused-ring (bicyclic) bond motifs is 1. The summed E-state index contributed by atoms with van der Waals surface area (Å²) in [5.41, 5.74) is -0.179. The van der Waals surface area contributed by atoms with Crippen LogP contribution in [0.1, 0.15) is 33.6 Å². The molecule has 1 aromatic carbocycles. The van der Waals surface area contributed by atoms with Gasteiger partial charge in [0.1, 0.15) is 5.54 Å². The second-order valence-corrected chi connectivity index (χ2v) is 5.96. The summed E-state index contributed by atoms with van der Waals surface area (Å²) in [4.78, 5) is 44.3. The number of carbonyl (C=O) groups is 3. The lowest BCUT2D eigenvalue weighted by Crippen LogP contribution is -2.51. The van der Waals surface area contributed by atoms with Crippen LogP contribution in [0.2, 0.25) is 0 Å². The number of imide groups is 1. The van der Waals surface area contributed by atoms with Crippen molar-refractivity contribution in [3.63, 3.8) is 0 Å². The molecule has 2 fully saturated rings. The summed E-state index contributed by atoms with van der Waals surface area (Å²) in [6.07, 6.45) is 1.35. The third kappa shape index (κ3) is 2.15. The summed E-state index contributed by atoms with van der Waals surface area (Å²) >= 11 is 0. The SMILES string of the molecule is O=C1c2ccccc2C(=O)N1OC(=O)C1(N2CCOCC2)CC1. The highest BCUT2D eigenvalue weighted by Gasteiger charge is 2.58. The van der Waals surface area contributed by atoms with Crippen LogP contribution in [-0.4, -0.2) is 59.6 Å². The summed E-state index contributed by atoms with van der Waals surface area (Å²) < 4.78 is 5.30. The van der Waals surface area contributed by atoms with Gasteiger partial charge in [0.2, 0.25) is 0 Å². The number of hydrogen-bond donors (Lipinski definition) is 0. The molecule has 23 heavy (non-hydrogen) atoms. The molecule has 7 nitrogen and oxygen atoms in total. The lowest BCUT2D eigenvalue weighted by Gasteiger charge is -2.33. The topological polar surface area (TPSA) is 76.2 Å². The molecule has 0 atom stereocenters. The van der Waals surface area contributed by atoms with Crippen molar-refractivity contribution in [1.29, 1.82) is 0 Å². The maximum absolute atomic E-state index is 12.6. The molecular weight excluding hydrogens is 300 g/mol. The molecule has 1 saturated heterocycles. The number of benzene rings is 1. The van der Waals surface area contributed by atoms with Crippen LogP contribution >= 0.6 is 0 Å². The highest BCUT2D eigenvalue weighted by Crippen LogP contribution is 2.43.